The number of allylic oxidation sites excluding steroid dienone is 1. The third kappa shape index (κ3) is 3.89. The Morgan fingerprint density at radius 1 is 0.939 bits per heavy atom. The van der Waals surface area contributed by atoms with Crippen molar-refractivity contribution in [2.24, 2.45) is 0 Å². The molecular weight excluding hydrogens is 419 g/mol. The maximum atomic E-state index is 13.5. The Morgan fingerprint density at radius 2 is 1.64 bits per heavy atom. The maximum absolute atomic E-state index is 13.5. The van der Waals surface area contributed by atoms with Gasteiger partial charge in [-0.2, -0.15) is 4.98 Å². The lowest BCUT2D eigenvalue weighted by atomic mass is 9.94. The number of benzene rings is 3. The molecule has 4 aromatic rings. The van der Waals surface area contributed by atoms with E-state index in [2.05, 4.69) is 15.5 Å². The van der Waals surface area contributed by atoms with Gasteiger partial charge in [-0.3, -0.25) is 4.90 Å². The lowest BCUT2D eigenvalue weighted by Gasteiger charge is -2.35. The fourth-order valence-corrected chi connectivity index (χ4v) is 3.97. The molecular formula is C26H21FN4O2. The lowest BCUT2D eigenvalue weighted by Crippen LogP contribution is -2.46. The van der Waals surface area contributed by atoms with E-state index in [0.717, 1.165) is 16.7 Å². The van der Waals surface area contributed by atoms with Gasteiger partial charge in [0.25, 0.3) is 5.89 Å². The summed E-state index contributed by atoms with van der Waals surface area (Å²) in [5, 5.41) is 7.22. The van der Waals surface area contributed by atoms with Crippen molar-refractivity contribution in [1.82, 2.24) is 15.5 Å². The summed E-state index contributed by atoms with van der Waals surface area (Å²) in [5.41, 5.74) is 4.69. The van der Waals surface area contributed by atoms with Crippen LogP contribution < -0.4 is 10.2 Å². The second-order valence-corrected chi connectivity index (χ2v) is 7.89. The molecule has 1 aliphatic rings. The molecule has 1 aromatic heterocycles. The third-order valence-corrected chi connectivity index (χ3v) is 5.67. The maximum Gasteiger partial charge on any atom is 0.326 e. The highest BCUT2D eigenvalue weighted by atomic mass is 19.1. The molecule has 0 saturated carbocycles. The predicted octanol–water partition coefficient (Wildman–Crippen LogP) is 5.89. The zero-order valence-electron chi connectivity index (χ0n) is 18.1. The number of anilines is 1. The number of hydrogen-bond acceptors (Lipinski definition) is 4. The molecule has 1 unspecified atom stereocenters. The molecule has 0 aliphatic carbocycles. The Labute approximate surface area is 190 Å². The number of carbonyl (C=O) groups is 1. The van der Waals surface area contributed by atoms with Crippen LogP contribution in [0.2, 0.25) is 0 Å². The fraction of sp³-hybridized carbons (Fsp3) is 0.115. The Kier molecular flexibility index (Phi) is 5.22. The molecule has 7 heteroatoms. The van der Waals surface area contributed by atoms with Gasteiger partial charge in [-0.05, 0) is 43.7 Å². The van der Waals surface area contributed by atoms with Gasteiger partial charge in [0.1, 0.15) is 5.82 Å². The molecule has 1 aliphatic heterocycles. The smallest absolute Gasteiger partial charge is 0.326 e. The standard InChI is InChI=1S/C26H21FN4O2/c1-16-8-10-19(11-9-16)24-29-25(33-30-24)22-17(2)31(21-14-12-20(27)13-15-21)26(32)28-23(22)18-6-4-3-5-7-18/h3-15,23H,1-2H3,(H,28,32). The molecule has 5 rings (SSSR count). The van der Waals surface area contributed by atoms with Gasteiger partial charge < -0.3 is 9.84 Å². The number of hydrogen-bond donors (Lipinski definition) is 1. The SMILES string of the molecule is CC1=C(c2nc(-c3ccc(C)cc3)no2)C(c2ccccc2)NC(=O)N1c1ccc(F)cc1. The number of aromatic nitrogens is 2. The lowest BCUT2D eigenvalue weighted by molar-refractivity contribution is 0.244. The molecule has 1 N–H and O–H groups in total. The van der Waals surface area contributed by atoms with E-state index in [-0.39, 0.29) is 11.8 Å². The van der Waals surface area contributed by atoms with Gasteiger partial charge in [0.15, 0.2) is 0 Å². The summed E-state index contributed by atoms with van der Waals surface area (Å²) in [6.07, 6.45) is 0. The number of amides is 2. The monoisotopic (exact) mass is 440 g/mol. The Balaban J connectivity index is 1.64. The minimum absolute atomic E-state index is 0.309. The van der Waals surface area contributed by atoms with Crippen LogP contribution in [-0.2, 0) is 0 Å². The van der Waals surface area contributed by atoms with Crippen LogP contribution in [0.1, 0.15) is 30.0 Å². The molecule has 1 atom stereocenters. The van der Waals surface area contributed by atoms with Crippen LogP contribution in [0.3, 0.4) is 0 Å². The van der Waals surface area contributed by atoms with E-state index in [1.165, 1.54) is 17.0 Å². The second kappa shape index (κ2) is 8.35. The minimum atomic E-state index is -0.485. The van der Waals surface area contributed by atoms with Crippen LogP contribution in [0.4, 0.5) is 14.9 Å². The second-order valence-electron chi connectivity index (χ2n) is 7.89. The van der Waals surface area contributed by atoms with E-state index in [4.69, 9.17) is 4.52 Å². The number of aryl methyl sites for hydroxylation is 1. The molecule has 0 fully saturated rings. The van der Waals surface area contributed by atoms with Crippen molar-refractivity contribution in [3.8, 4) is 11.4 Å². The third-order valence-electron chi connectivity index (χ3n) is 5.67. The summed E-state index contributed by atoms with van der Waals surface area (Å²) in [6.45, 7) is 3.84. The predicted molar refractivity (Wildman–Crippen MR) is 124 cm³/mol. The molecule has 0 radical (unpaired) electrons. The molecule has 0 bridgehead atoms. The summed E-state index contributed by atoms with van der Waals surface area (Å²) >= 11 is 0. The molecule has 164 valence electrons. The number of nitrogens with zero attached hydrogens (tertiary/aromatic N) is 3. The van der Waals surface area contributed by atoms with Crippen LogP contribution in [-0.4, -0.2) is 16.2 Å². The summed E-state index contributed by atoms with van der Waals surface area (Å²) < 4.78 is 19.2. The molecule has 6 nitrogen and oxygen atoms in total. The Morgan fingerprint density at radius 3 is 2.33 bits per heavy atom. The van der Waals surface area contributed by atoms with Crippen molar-refractivity contribution in [2.75, 3.05) is 4.90 Å². The van der Waals surface area contributed by atoms with Crippen molar-refractivity contribution in [2.45, 2.75) is 19.9 Å². The van der Waals surface area contributed by atoms with Crippen molar-refractivity contribution in [1.29, 1.82) is 0 Å². The number of rotatable bonds is 4. The van der Waals surface area contributed by atoms with E-state index < -0.39 is 6.04 Å². The average molecular weight is 440 g/mol. The van der Waals surface area contributed by atoms with Gasteiger partial charge in [-0.1, -0.05) is 65.3 Å². The summed E-state index contributed by atoms with van der Waals surface area (Å²) in [5.74, 6) is 0.395. The highest BCUT2D eigenvalue weighted by Crippen LogP contribution is 2.39. The number of nitrogens with one attached hydrogen (secondary N) is 1. The van der Waals surface area contributed by atoms with Crippen LogP contribution in [0.5, 0.6) is 0 Å². The summed E-state index contributed by atoms with van der Waals surface area (Å²) in [4.78, 5) is 19.3. The Bertz CT molecular complexity index is 1330. The summed E-state index contributed by atoms with van der Waals surface area (Å²) in [7, 11) is 0. The number of urea groups is 1. The van der Waals surface area contributed by atoms with Gasteiger partial charge in [-0.15, -0.1) is 0 Å². The first-order valence-corrected chi connectivity index (χ1v) is 10.5. The highest BCUT2D eigenvalue weighted by Gasteiger charge is 2.36. The number of halogens is 1. The van der Waals surface area contributed by atoms with Crippen LogP contribution in [0, 0.1) is 12.7 Å². The molecule has 0 spiro atoms. The van der Waals surface area contributed by atoms with Crippen LogP contribution in [0.25, 0.3) is 17.0 Å². The van der Waals surface area contributed by atoms with Gasteiger partial charge in [0.2, 0.25) is 5.82 Å². The molecule has 0 saturated heterocycles. The van der Waals surface area contributed by atoms with Crippen molar-refractivity contribution < 1.29 is 13.7 Å². The zero-order valence-corrected chi connectivity index (χ0v) is 18.1. The van der Waals surface area contributed by atoms with Crippen LogP contribution in [0.15, 0.2) is 89.1 Å². The first kappa shape index (κ1) is 20.6. The van der Waals surface area contributed by atoms with Crippen LogP contribution >= 0.6 is 0 Å². The quantitative estimate of drug-likeness (QED) is 0.430. The van der Waals surface area contributed by atoms with Gasteiger partial charge in [-0.25, -0.2) is 9.18 Å². The van der Waals surface area contributed by atoms with Crippen molar-refractivity contribution in [3.63, 3.8) is 0 Å². The Hall–Kier alpha value is -4.26. The summed E-state index contributed by atoms with van der Waals surface area (Å²) in [6, 6.07) is 22.4. The first-order chi connectivity index (χ1) is 16.0. The highest BCUT2D eigenvalue weighted by molar-refractivity contribution is 6.01. The van der Waals surface area contributed by atoms with E-state index in [9.17, 15) is 9.18 Å². The topological polar surface area (TPSA) is 71.3 Å². The largest absolute Gasteiger partial charge is 0.334 e. The average Bonchev–Trinajstić information content (AvgIpc) is 3.30. The van der Waals surface area contributed by atoms with Gasteiger partial charge in [0, 0.05) is 11.3 Å². The molecule has 33 heavy (non-hydrogen) atoms. The van der Waals surface area contributed by atoms with Crippen molar-refractivity contribution >= 4 is 17.3 Å². The van der Waals surface area contributed by atoms with E-state index in [1.807, 2.05) is 68.4 Å². The minimum Gasteiger partial charge on any atom is -0.334 e. The molecule has 3 aromatic carbocycles. The van der Waals surface area contributed by atoms with Gasteiger partial charge >= 0.3 is 6.03 Å². The van der Waals surface area contributed by atoms with E-state index in [1.54, 1.807) is 12.1 Å². The fourth-order valence-electron chi connectivity index (χ4n) is 3.97. The van der Waals surface area contributed by atoms with Crippen molar-refractivity contribution in [3.05, 3.63) is 107 Å². The number of carbonyl (C=O) groups excluding carboxylic acids is 1. The van der Waals surface area contributed by atoms with Gasteiger partial charge in [0.05, 0.1) is 17.3 Å². The molecule has 2 amide bonds. The zero-order chi connectivity index (χ0) is 22.9. The first-order valence-electron chi connectivity index (χ1n) is 10.5. The van der Waals surface area contributed by atoms with E-state index in [0.29, 0.717) is 28.7 Å². The van der Waals surface area contributed by atoms with E-state index >= 15 is 0 Å². The normalized spacial score (nSPS) is 16.2. The molecule has 2 heterocycles.